The lowest BCUT2D eigenvalue weighted by Gasteiger charge is -2.34. The lowest BCUT2D eigenvalue weighted by Crippen LogP contribution is -2.54. The van der Waals surface area contributed by atoms with Crippen molar-refractivity contribution in [2.24, 2.45) is 0 Å². The number of sulfonamides is 1. The number of rotatable bonds is 13. The highest BCUT2D eigenvalue weighted by Gasteiger charge is 2.35. The maximum atomic E-state index is 14.5. The lowest BCUT2D eigenvalue weighted by atomic mass is 10.0. The van der Waals surface area contributed by atoms with Crippen LogP contribution in [0.4, 0.5) is 5.69 Å². The van der Waals surface area contributed by atoms with Crippen LogP contribution in [0.5, 0.6) is 0 Å². The van der Waals surface area contributed by atoms with Crippen LogP contribution in [0.1, 0.15) is 42.5 Å². The Morgan fingerprint density at radius 3 is 1.91 bits per heavy atom. The molecular weight excluding hydrogens is 570 g/mol. The molecule has 2 atom stereocenters. The van der Waals surface area contributed by atoms with E-state index in [0.717, 1.165) is 33.0 Å². The summed E-state index contributed by atoms with van der Waals surface area (Å²) in [6.45, 7) is 7.43. The molecule has 0 saturated heterocycles. The van der Waals surface area contributed by atoms with E-state index in [-0.39, 0.29) is 29.8 Å². The van der Waals surface area contributed by atoms with Crippen LogP contribution < -0.4 is 9.62 Å². The number of nitrogens with zero attached hydrogens (tertiary/aromatic N) is 2. The number of hydrogen-bond donors (Lipinski definition) is 1. The second-order valence-corrected chi connectivity index (χ2v) is 13.0. The van der Waals surface area contributed by atoms with E-state index in [1.165, 1.54) is 17.0 Å². The smallest absolute Gasteiger partial charge is 0.264 e. The van der Waals surface area contributed by atoms with Gasteiger partial charge in [-0.15, -0.1) is 0 Å². The van der Waals surface area contributed by atoms with E-state index >= 15 is 0 Å². The summed E-state index contributed by atoms with van der Waals surface area (Å²) in [5.41, 5.74) is 4.02. The van der Waals surface area contributed by atoms with Crippen molar-refractivity contribution in [1.29, 1.82) is 0 Å². The van der Waals surface area contributed by atoms with Crippen LogP contribution >= 0.6 is 0 Å². The predicted octanol–water partition coefficient (Wildman–Crippen LogP) is 6.05. The molecule has 230 valence electrons. The number of amides is 2. The predicted molar refractivity (Wildman–Crippen MR) is 176 cm³/mol. The monoisotopic (exact) mass is 611 g/mol. The first kappa shape index (κ1) is 32.5. The maximum absolute atomic E-state index is 14.5. The van der Waals surface area contributed by atoms with Crippen molar-refractivity contribution < 1.29 is 18.0 Å². The lowest BCUT2D eigenvalue weighted by molar-refractivity contribution is -0.140. The number of benzene rings is 4. The minimum atomic E-state index is -4.13. The van der Waals surface area contributed by atoms with Gasteiger partial charge in [-0.1, -0.05) is 91.9 Å². The first-order valence-electron chi connectivity index (χ1n) is 14.9. The second kappa shape index (κ2) is 14.8. The molecule has 1 N–H and O–H groups in total. The molecule has 0 saturated carbocycles. The second-order valence-electron chi connectivity index (χ2n) is 11.1. The van der Waals surface area contributed by atoms with Crippen molar-refractivity contribution >= 4 is 27.5 Å². The summed E-state index contributed by atoms with van der Waals surface area (Å²) in [6, 6.07) is 31.5. The average Bonchev–Trinajstić information content (AvgIpc) is 3.04. The summed E-state index contributed by atoms with van der Waals surface area (Å²) in [4.78, 5) is 30.0. The Hall–Kier alpha value is -4.43. The highest BCUT2D eigenvalue weighted by Crippen LogP contribution is 2.27. The first-order valence-corrected chi connectivity index (χ1v) is 16.4. The SMILES string of the molecule is CC[C@H](C)NC(=O)[C@H](Cc1ccccc1)N(Cc1ccccc1)C(=O)CN(c1ccc(C)c(C)c1)S(=O)(=O)c1ccccc1. The molecule has 44 heavy (non-hydrogen) atoms. The van der Waals surface area contributed by atoms with Gasteiger partial charge in [-0.3, -0.25) is 13.9 Å². The maximum Gasteiger partial charge on any atom is 0.264 e. The minimum Gasteiger partial charge on any atom is -0.352 e. The minimum absolute atomic E-state index is 0.0796. The van der Waals surface area contributed by atoms with Crippen LogP contribution in [-0.4, -0.2) is 43.8 Å². The molecule has 0 heterocycles. The quantitative estimate of drug-likeness (QED) is 0.199. The van der Waals surface area contributed by atoms with E-state index in [1.54, 1.807) is 30.3 Å². The molecule has 4 rings (SSSR count). The van der Waals surface area contributed by atoms with Crippen molar-refractivity contribution in [1.82, 2.24) is 10.2 Å². The summed E-state index contributed by atoms with van der Waals surface area (Å²) in [5.74, 6) is -0.761. The van der Waals surface area contributed by atoms with E-state index < -0.39 is 28.5 Å². The van der Waals surface area contributed by atoms with Crippen molar-refractivity contribution in [3.63, 3.8) is 0 Å². The first-order chi connectivity index (χ1) is 21.1. The summed E-state index contributed by atoms with van der Waals surface area (Å²) >= 11 is 0. The number of hydrogen-bond acceptors (Lipinski definition) is 4. The van der Waals surface area contributed by atoms with Crippen molar-refractivity contribution in [2.75, 3.05) is 10.8 Å². The largest absolute Gasteiger partial charge is 0.352 e. The molecule has 4 aromatic rings. The number of carbonyl (C=O) groups is 2. The van der Waals surface area contributed by atoms with E-state index in [1.807, 2.05) is 94.4 Å². The molecule has 7 nitrogen and oxygen atoms in total. The zero-order valence-corrected chi connectivity index (χ0v) is 26.6. The van der Waals surface area contributed by atoms with Crippen LogP contribution in [0.25, 0.3) is 0 Å². The summed E-state index contributed by atoms with van der Waals surface area (Å²) < 4.78 is 29.4. The topological polar surface area (TPSA) is 86.8 Å². The van der Waals surface area contributed by atoms with E-state index in [9.17, 15) is 18.0 Å². The normalized spacial score (nSPS) is 12.6. The number of aryl methyl sites for hydroxylation is 2. The van der Waals surface area contributed by atoms with E-state index in [2.05, 4.69) is 5.32 Å². The third-order valence-electron chi connectivity index (χ3n) is 7.86. The van der Waals surface area contributed by atoms with Gasteiger partial charge in [-0.25, -0.2) is 8.42 Å². The number of nitrogens with one attached hydrogen (secondary N) is 1. The fourth-order valence-electron chi connectivity index (χ4n) is 4.90. The molecule has 0 spiro atoms. The Kier molecular flexibility index (Phi) is 11.0. The van der Waals surface area contributed by atoms with E-state index in [4.69, 9.17) is 0 Å². The van der Waals surface area contributed by atoms with Gasteiger partial charge >= 0.3 is 0 Å². The average molecular weight is 612 g/mol. The molecule has 0 bridgehead atoms. The molecule has 0 unspecified atom stereocenters. The van der Waals surface area contributed by atoms with Gasteiger partial charge in [0, 0.05) is 19.0 Å². The summed E-state index contributed by atoms with van der Waals surface area (Å²) in [7, 11) is -4.13. The number of anilines is 1. The van der Waals surface area contributed by atoms with Crippen molar-refractivity contribution in [3.8, 4) is 0 Å². The van der Waals surface area contributed by atoms with Gasteiger partial charge in [0.25, 0.3) is 10.0 Å². The molecule has 0 radical (unpaired) electrons. The van der Waals surface area contributed by atoms with Gasteiger partial charge in [-0.2, -0.15) is 0 Å². The third kappa shape index (κ3) is 8.14. The van der Waals surface area contributed by atoms with Crippen LogP contribution in [0.15, 0.2) is 114 Å². The summed E-state index contributed by atoms with van der Waals surface area (Å²) in [5, 5.41) is 3.06. The van der Waals surface area contributed by atoms with Gasteiger partial charge in [0.05, 0.1) is 10.6 Å². The highest BCUT2D eigenvalue weighted by atomic mass is 32.2. The molecule has 2 amide bonds. The van der Waals surface area contributed by atoms with Crippen LogP contribution in [0.2, 0.25) is 0 Å². The van der Waals surface area contributed by atoms with Gasteiger partial charge in [0.15, 0.2) is 0 Å². The van der Waals surface area contributed by atoms with Crippen LogP contribution in [0, 0.1) is 13.8 Å². The standard InChI is InChI=1S/C36H41N3O4S/c1-5-29(4)37-36(41)34(24-30-15-9-6-10-16-30)38(25-31-17-11-7-12-18-31)35(40)26-39(32-22-21-27(2)28(3)23-32)44(42,43)33-19-13-8-14-20-33/h6-23,29,34H,5,24-26H2,1-4H3,(H,37,41)/t29-,34-/m0/s1. The van der Waals surface area contributed by atoms with Crippen LogP contribution in [-0.2, 0) is 32.6 Å². The Balaban J connectivity index is 1.80. The Bertz CT molecular complexity index is 1650. The zero-order valence-electron chi connectivity index (χ0n) is 25.8. The molecule has 0 fully saturated rings. The van der Waals surface area contributed by atoms with E-state index in [0.29, 0.717) is 5.69 Å². The molecular formula is C36H41N3O4S. The fraction of sp³-hybridized carbons (Fsp3) is 0.278. The summed E-state index contributed by atoms with van der Waals surface area (Å²) in [6.07, 6.45) is 1.00. The van der Waals surface area contributed by atoms with Gasteiger partial charge < -0.3 is 10.2 Å². The Labute approximate surface area is 261 Å². The van der Waals surface area contributed by atoms with Gasteiger partial charge in [0.1, 0.15) is 12.6 Å². The Morgan fingerprint density at radius 1 is 0.773 bits per heavy atom. The van der Waals surface area contributed by atoms with Gasteiger partial charge in [0.2, 0.25) is 11.8 Å². The molecule has 0 aromatic heterocycles. The third-order valence-corrected chi connectivity index (χ3v) is 9.64. The molecule has 0 aliphatic carbocycles. The van der Waals surface area contributed by atoms with Crippen molar-refractivity contribution in [3.05, 3.63) is 131 Å². The van der Waals surface area contributed by atoms with Gasteiger partial charge in [-0.05, 0) is 73.7 Å². The van der Waals surface area contributed by atoms with Crippen LogP contribution in [0.3, 0.4) is 0 Å². The molecule has 0 aliphatic rings. The molecule has 0 aliphatic heterocycles. The number of carbonyl (C=O) groups excluding carboxylic acids is 2. The molecule has 8 heteroatoms. The fourth-order valence-corrected chi connectivity index (χ4v) is 6.33. The Morgan fingerprint density at radius 2 is 1.34 bits per heavy atom. The highest BCUT2D eigenvalue weighted by molar-refractivity contribution is 7.92. The van der Waals surface area contributed by atoms with Crippen molar-refractivity contribution in [2.45, 2.75) is 64.1 Å². The molecule has 4 aromatic carbocycles. The zero-order chi connectivity index (χ0) is 31.7.